The maximum Gasteiger partial charge on any atom is 0.310 e. The number of rotatable bonds is 6. The zero-order valence-corrected chi connectivity index (χ0v) is 16.9. The summed E-state index contributed by atoms with van der Waals surface area (Å²) in [6.45, 7) is 4.28. The number of carbonyl (C=O) groups excluding carboxylic acids is 1. The van der Waals surface area contributed by atoms with Crippen LogP contribution in [-0.2, 0) is 27.5 Å². The fourth-order valence-electron chi connectivity index (χ4n) is 3.10. The van der Waals surface area contributed by atoms with Gasteiger partial charge >= 0.3 is 5.97 Å². The number of halogens is 4. The van der Waals surface area contributed by atoms with Crippen molar-refractivity contribution < 1.29 is 27.4 Å². The Balaban J connectivity index is 2.18. The third kappa shape index (κ3) is 4.04. The van der Waals surface area contributed by atoms with Crippen molar-refractivity contribution in [2.24, 2.45) is 17.3 Å². The molecule has 0 amide bonds. The van der Waals surface area contributed by atoms with Crippen LogP contribution < -0.4 is 0 Å². The monoisotopic (exact) mass is 445 g/mol. The largest absolute Gasteiger partial charge is 0.460 e. The summed E-state index contributed by atoms with van der Waals surface area (Å²) in [7, 11) is 1.23. The topological polar surface area (TPSA) is 59.3 Å². The summed E-state index contributed by atoms with van der Waals surface area (Å²) in [5.41, 5.74) is -0.895. The van der Waals surface area contributed by atoms with Crippen molar-refractivity contribution in [1.82, 2.24) is 0 Å². The predicted molar refractivity (Wildman–Crippen MR) is 94.7 cm³/mol. The molecule has 1 aromatic rings. The Kier molecular flexibility index (Phi) is 6.38. The molecule has 0 N–H and O–H groups in total. The predicted octanol–water partition coefficient (Wildman–Crippen LogP) is 4.80. The van der Waals surface area contributed by atoms with Crippen molar-refractivity contribution in [1.29, 1.82) is 5.26 Å². The average Bonchev–Trinajstić information content (AvgIpc) is 3.16. The van der Waals surface area contributed by atoms with Gasteiger partial charge in [0.25, 0.3) is 0 Å². The molecule has 1 saturated carbocycles. The lowest BCUT2D eigenvalue weighted by Gasteiger charge is -2.13. The minimum Gasteiger partial charge on any atom is -0.460 e. The summed E-state index contributed by atoms with van der Waals surface area (Å²) < 4.78 is 52.1. The average molecular weight is 446 g/mol. The third-order valence-corrected chi connectivity index (χ3v) is 5.69. The van der Waals surface area contributed by atoms with Crippen molar-refractivity contribution in [2.45, 2.75) is 34.0 Å². The van der Waals surface area contributed by atoms with Gasteiger partial charge in [-0.15, -0.1) is 0 Å². The maximum absolute atomic E-state index is 14.3. The normalized spacial score (nSPS) is 20.9. The number of carbonyl (C=O) groups is 1. The fraction of sp³-hybridized carbons (Fsp3) is 0.474. The van der Waals surface area contributed by atoms with Crippen LogP contribution in [0.15, 0.2) is 16.1 Å². The molecule has 0 unspecified atom stereocenters. The van der Waals surface area contributed by atoms with Gasteiger partial charge in [-0.05, 0) is 34.2 Å². The number of esters is 1. The highest BCUT2D eigenvalue weighted by atomic mass is 79.9. The van der Waals surface area contributed by atoms with Crippen LogP contribution in [0.4, 0.5) is 13.2 Å². The number of nitrogens with zero attached hydrogens (tertiary/aromatic N) is 1. The Labute approximate surface area is 164 Å². The lowest BCUT2D eigenvalue weighted by Crippen LogP contribution is -2.13. The van der Waals surface area contributed by atoms with Crippen LogP contribution in [-0.4, -0.2) is 13.1 Å². The Morgan fingerprint density at radius 2 is 1.81 bits per heavy atom. The number of nitriles is 1. The van der Waals surface area contributed by atoms with E-state index < -0.39 is 59.1 Å². The second-order valence-corrected chi connectivity index (χ2v) is 7.83. The van der Waals surface area contributed by atoms with E-state index in [1.54, 1.807) is 13.0 Å². The Bertz CT molecular complexity index is 817. The number of hydrogen-bond acceptors (Lipinski definition) is 4. The smallest absolute Gasteiger partial charge is 0.310 e. The van der Waals surface area contributed by atoms with Gasteiger partial charge in [-0.1, -0.05) is 19.9 Å². The first-order valence-corrected chi connectivity index (χ1v) is 8.94. The third-order valence-electron chi connectivity index (χ3n) is 4.86. The molecule has 0 aromatic heterocycles. The van der Waals surface area contributed by atoms with Crippen molar-refractivity contribution in [2.75, 3.05) is 7.11 Å². The number of allylic oxidation sites excluding steroid dienone is 2. The molecular weight excluding hydrogens is 427 g/mol. The standard InChI is InChI=1S/C19H19BrF3NO3/c1-9(6-24)5-12-13(19(12,2)3)18(25)27-8-10-14(20)15(21)11(7-26-4)17(23)16(10)22/h5,12-13H,7-8H2,1-4H3/t12-,13+/m1/s1. The Morgan fingerprint density at radius 3 is 2.37 bits per heavy atom. The summed E-state index contributed by atoms with van der Waals surface area (Å²) in [6.07, 6.45) is 1.70. The van der Waals surface area contributed by atoms with Crippen LogP contribution in [0.1, 0.15) is 31.9 Å². The van der Waals surface area contributed by atoms with E-state index in [9.17, 15) is 18.0 Å². The highest BCUT2D eigenvalue weighted by Crippen LogP contribution is 2.59. The van der Waals surface area contributed by atoms with Gasteiger partial charge in [0.1, 0.15) is 12.4 Å². The molecule has 0 spiro atoms. The van der Waals surface area contributed by atoms with E-state index in [1.807, 2.05) is 19.9 Å². The minimum atomic E-state index is -1.37. The lowest BCUT2D eigenvalue weighted by atomic mass is 10.1. The summed E-state index contributed by atoms with van der Waals surface area (Å²) in [5.74, 6) is -4.98. The van der Waals surface area contributed by atoms with Gasteiger partial charge in [0, 0.05) is 18.2 Å². The second-order valence-electron chi connectivity index (χ2n) is 7.04. The van der Waals surface area contributed by atoms with Crippen molar-refractivity contribution in [3.05, 3.63) is 44.7 Å². The molecule has 27 heavy (non-hydrogen) atoms. The van der Waals surface area contributed by atoms with E-state index in [-0.39, 0.29) is 10.4 Å². The van der Waals surface area contributed by atoms with E-state index in [4.69, 9.17) is 10.00 Å². The van der Waals surface area contributed by atoms with Gasteiger partial charge in [0.15, 0.2) is 11.6 Å². The molecular formula is C19H19BrF3NO3. The van der Waals surface area contributed by atoms with Gasteiger partial charge in [0.05, 0.1) is 28.6 Å². The molecule has 146 valence electrons. The first-order chi connectivity index (χ1) is 12.6. The summed E-state index contributed by atoms with van der Waals surface area (Å²) in [6, 6.07) is 1.99. The fourth-order valence-corrected chi connectivity index (χ4v) is 3.63. The van der Waals surface area contributed by atoms with Crippen LogP contribution in [0.3, 0.4) is 0 Å². The molecule has 1 fully saturated rings. The van der Waals surface area contributed by atoms with Gasteiger partial charge in [-0.25, -0.2) is 13.2 Å². The van der Waals surface area contributed by atoms with Crippen LogP contribution in [0, 0.1) is 46.0 Å². The number of ether oxygens (including phenoxy) is 2. The first kappa shape index (κ1) is 21.5. The SMILES string of the molecule is COCc1c(F)c(F)c(COC(=O)[C@@H]2[C@@H](C=C(C)C#N)C2(C)C)c(Br)c1F. The van der Waals surface area contributed by atoms with Crippen molar-refractivity contribution in [3.8, 4) is 6.07 Å². The van der Waals surface area contributed by atoms with Gasteiger partial charge in [-0.2, -0.15) is 5.26 Å². The highest BCUT2D eigenvalue weighted by Gasteiger charge is 2.61. The molecule has 2 atom stereocenters. The van der Waals surface area contributed by atoms with Gasteiger partial charge < -0.3 is 9.47 Å². The number of benzene rings is 1. The molecule has 0 aliphatic heterocycles. The minimum absolute atomic E-state index is 0.185. The maximum atomic E-state index is 14.3. The van der Waals surface area contributed by atoms with Crippen LogP contribution in [0.25, 0.3) is 0 Å². The zero-order valence-electron chi connectivity index (χ0n) is 15.3. The summed E-state index contributed by atoms with van der Waals surface area (Å²) in [5, 5.41) is 8.87. The lowest BCUT2D eigenvalue weighted by molar-refractivity contribution is -0.147. The molecule has 0 bridgehead atoms. The summed E-state index contributed by atoms with van der Waals surface area (Å²) >= 11 is 2.89. The van der Waals surface area contributed by atoms with Crippen molar-refractivity contribution in [3.63, 3.8) is 0 Å². The molecule has 1 aromatic carbocycles. The number of methoxy groups -OCH3 is 1. The second kappa shape index (κ2) is 8.03. The molecule has 0 saturated heterocycles. The number of hydrogen-bond donors (Lipinski definition) is 0. The van der Waals surface area contributed by atoms with Crippen LogP contribution >= 0.6 is 15.9 Å². The van der Waals surface area contributed by atoms with E-state index >= 15 is 0 Å². The molecule has 0 radical (unpaired) electrons. The van der Waals surface area contributed by atoms with E-state index in [0.717, 1.165) is 0 Å². The van der Waals surface area contributed by atoms with Gasteiger partial charge in [-0.3, -0.25) is 4.79 Å². The zero-order chi connectivity index (χ0) is 20.5. The molecule has 4 nitrogen and oxygen atoms in total. The molecule has 1 aliphatic carbocycles. The van der Waals surface area contributed by atoms with Crippen LogP contribution in [0.2, 0.25) is 0 Å². The molecule has 0 heterocycles. The van der Waals surface area contributed by atoms with Crippen LogP contribution in [0.5, 0.6) is 0 Å². The first-order valence-electron chi connectivity index (χ1n) is 8.15. The quantitative estimate of drug-likeness (QED) is 0.358. The Morgan fingerprint density at radius 1 is 1.22 bits per heavy atom. The molecule has 1 aliphatic rings. The molecule has 2 rings (SSSR count). The van der Waals surface area contributed by atoms with Crippen molar-refractivity contribution >= 4 is 21.9 Å². The summed E-state index contributed by atoms with van der Waals surface area (Å²) in [4.78, 5) is 12.4. The molecule has 8 heteroatoms. The van der Waals surface area contributed by atoms with E-state index in [0.29, 0.717) is 5.57 Å². The van der Waals surface area contributed by atoms with E-state index in [2.05, 4.69) is 20.7 Å². The Hall–Kier alpha value is -1.85. The highest BCUT2D eigenvalue weighted by molar-refractivity contribution is 9.10. The van der Waals surface area contributed by atoms with E-state index in [1.165, 1.54) is 7.11 Å². The van der Waals surface area contributed by atoms with Gasteiger partial charge in [0.2, 0.25) is 0 Å².